The van der Waals surface area contributed by atoms with Crippen LogP contribution in [0.1, 0.15) is 31.7 Å². The van der Waals surface area contributed by atoms with E-state index in [4.69, 9.17) is 4.52 Å². The third kappa shape index (κ3) is 3.87. The van der Waals surface area contributed by atoms with Crippen molar-refractivity contribution in [2.45, 2.75) is 39.7 Å². The molecule has 0 aliphatic heterocycles. The van der Waals surface area contributed by atoms with Gasteiger partial charge in [-0.3, -0.25) is 0 Å². The zero-order valence-corrected chi connectivity index (χ0v) is 12.1. The van der Waals surface area contributed by atoms with E-state index in [9.17, 15) is 4.39 Å². The molecule has 0 fully saturated rings. The molecule has 2 aromatic rings. The number of aromatic nitrogens is 2. The van der Waals surface area contributed by atoms with Gasteiger partial charge in [0.15, 0.2) is 0 Å². The molecule has 1 aromatic carbocycles. The molecule has 0 atom stereocenters. The minimum Gasteiger partial charge on any atom is -0.339 e. The first kappa shape index (κ1) is 14.7. The van der Waals surface area contributed by atoms with Gasteiger partial charge in [0.2, 0.25) is 11.7 Å². The molecular formula is C15H20FN3O. The zero-order chi connectivity index (χ0) is 14.5. The Bertz CT molecular complexity index is 566. The van der Waals surface area contributed by atoms with Gasteiger partial charge >= 0.3 is 0 Å². The molecule has 0 saturated carbocycles. The van der Waals surface area contributed by atoms with Crippen LogP contribution in [0.2, 0.25) is 0 Å². The fraction of sp³-hybridized carbons (Fsp3) is 0.467. The summed E-state index contributed by atoms with van der Waals surface area (Å²) in [6.45, 7) is 6.98. The van der Waals surface area contributed by atoms with E-state index < -0.39 is 0 Å². The molecule has 0 bridgehead atoms. The summed E-state index contributed by atoms with van der Waals surface area (Å²) in [4.78, 5) is 4.36. The van der Waals surface area contributed by atoms with Gasteiger partial charge in [-0.2, -0.15) is 4.98 Å². The average molecular weight is 277 g/mol. The Labute approximate surface area is 118 Å². The molecule has 1 N–H and O–H groups in total. The summed E-state index contributed by atoms with van der Waals surface area (Å²) in [5.74, 6) is 0.887. The summed E-state index contributed by atoms with van der Waals surface area (Å²) in [6, 6.07) is 5.04. The van der Waals surface area contributed by atoms with Crippen LogP contribution in [-0.2, 0) is 6.42 Å². The SMILES string of the molecule is Cc1cc(F)ccc1-c1noc(CCCNC(C)C)n1. The summed E-state index contributed by atoms with van der Waals surface area (Å²) in [5.41, 5.74) is 1.61. The van der Waals surface area contributed by atoms with Gasteiger partial charge in [0.25, 0.3) is 0 Å². The minimum absolute atomic E-state index is 0.255. The minimum atomic E-state index is -0.255. The van der Waals surface area contributed by atoms with E-state index in [2.05, 4.69) is 29.3 Å². The van der Waals surface area contributed by atoms with E-state index in [0.717, 1.165) is 30.5 Å². The summed E-state index contributed by atoms with van der Waals surface area (Å²) < 4.78 is 18.3. The molecular weight excluding hydrogens is 257 g/mol. The molecule has 20 heavy (non-hydrogen) atoms. The third-order valence-electron chi connectivity index (χ3n) is 3.02. The van der Waals surface area contributed by atoms with E-state index in [1.54, 1.807) is 6.07 Å². The van der Waals surface area contributed by atoms with Crippen LogP contribution in [-0.4, -0.2) is 22.7 Å². The van der Waals surface area contributed by atoms with Crippen LogP contribution in [0.25, 0.3) is 11.4 Å². The van der Waals surface area contributed by atoms with E-state index in [1.165, 1.54) is 12.1 Å². The highest BCUT2D eigenvalue weighted by Crippen LogP contribution is 2.21. The molecule has 0 aliphatic rings. The molecule has 0 unspecified atom stereocenters. The van der Waals surface area contributed by atoms with Crippen molar-refractivity contribution in [2.24, 2.45) is 0 Å². The summed E-state index contributed by atoms with van der Waals surface area (Å²) >= 11 is 0. The topological polar surface area (TPSA) is 51.0 Å². The number of halogens is 1. The summed E-state index contributed by atoms with van der Waals surface area (Å²) in [5, 5.41) is 7.30. The van der Waals surface area contributed by atoms with Crippen molar-refractivity contribution < 1.29 is 8.91 Å². The molecule has 5 heteroatoms. The van der Waals surface area contributed by atoms with Crippen molar-refractivity contribution in [3.8, 4) is 11.4 Å². The van der Waals surface area contributed by atoms with Crippen molar-refractivity contribution >= 4 is 0 Å². The normalized spacial score (nSPS) is 11.2. The third-order valence-corrected chi connectivity index (χ3v) is 3.02. The van der Waals surface area contributed by atoms with Crippen LogP contribution in [0.4, 0.5) is 4.39 Å². The maximum absolute atomic E-state index is 13.1. The Morgan fingerprint density at radius 1 is 1.35 bits per heavy atom. The molecule has 1 aromatic heterocycles. The molecule has 0 radical (unpaired) electrons. The first-order chi connectivity index (χ1) is 9.56. The van der Waals surface area contributed by atoms with Crippen molar-refractivity contribution in [1.29, 1.82) is 0 Å². The lowest BCUT2D eigenvalue weighted by atomic mass is 10.1. The molecule has 4 nitrogen and oxygen atoms in total. The van der Waals surface area contributed by atoms with Gasteiger partial charge in [0.05, 0.1) is 0 Å². The lowest BCUT2D eigenvalue weighted by Gasteiger charge is -2.05. The first-order valence-corrected chi connectivity index (χ1v) is 6.89. The fourth-order valence-corrected chi connectivity index (χ4v) is 1.97. The second kappa shape index (κ2) is 6.61. The fourth-order valence-electron chi connectivity index (χ4n) is 1.97. The highest BCUT2D eigenvalue weighted by atomic mass is 19.1. The van der Waals surface area contributed by atoms with Crippen molar-refractivity contribution in [1.82, 2.24) is 15.5 Å². The number of hydrogen-bond acceptors (Lipinski definition) is 4. The quantitative estimate of drug-likeness (QED) is 0.824. The number of nitrogens with one attached hydrogen (secondary N) is 1. The second-order valence-corrected chi connectivity index (χ2v) is 5.18. The maximum Gasteiger partial charge on any atom is 0.227 e. The number of rotatable bonds is 6. The molecule has 1 heterocycles. The lowest BCUT2D eigenvalue weighted by Crippen LogP contribution is -2.23. The first-order valence-electron chi connectivity index (χ1n) is 6.89. The largest absolute Gasteiger partial charge is 0.339 e. The predicted molar refractivity (Wildman–Crippen MR) is 75.9 cm³/mol. The van der Waals surface area contributed by atoms with E-state index >= 15 is 0 Å². The molecule has 0 spiro atoms. The van der Waals surface area contributed by atoms with Gasteiger partial charge < -0.3 is 9.84 Å². The van der Waals surface area contributed by atoms with Gasteiger partial charge in [-0.25, -0.2) is 4.39 Å². The van der Waals surface area contributed by atoms with Crippen LogP contribution in [0.5, 0.6) is 0 Å². The van der Waals surface area contributed by atoms with Crippen molar-refractivity contribution in [3.05, 3.63) is 35.5 Å². The standard InChI is InChI=1S/C15H20FN3O/c1-10(2)17-8-4-5-14-18-15(19-20-14)13-7-6-12(16)9-11(13)3/h6-7,9-10,17H,4-5,8H2,1-3H3. The van der Waals surface area contributed by atoms with Crippen LogP contribution >= 0.6 is 0 Å². The Hall–Kier alpha value is -1.75. The van der Waals surface area contributed by atoms with E-state index in [0.29, 0.717) is 17.8 Å². The maximum atomic E-state index is 13.1. The van der Waals surface area contributed by atoms with Crippen molar-refractivity contribution in [3.63, 3.8) is 0 Å². The molecule has 0 amide bonds. The highest BCUT2D eigenvalue weighted by Gasteiger charge is 2.11. The molecule has 2 rings (SSSR count). The number of benzene rings is 1. The Balaban J connectivity index is 1.98. The van der Waals surface area contributed by atoms with E-state index in [1.807, 2.05) is 6.92 Å². The highest BCUT2D eigenvalue weighted by molar-refractivity contribution is 5.59. The average Bonchev–Trinajstić information content (AvgIpc) is 2.83. The monoisotopic (exact) mass is 277 g/mol. The van der Waals surface area contributed by atoms with Gasteiger partial charge in [-0.15, -0.1) is 0 Å². The van der Waals surface area contributed by atoms with Crippen molar-refractivity contribution in [2.75, 3.05) is 6.54 Å². The zero-order valence-electron chi connectivity index (χ0n) is 12.1. The van der Waals surface area contributed by atoms with Gasteiger partial charge in [0.1, 0.15) is 5.82 Å². The van der Waals surface area contributed by atoms with E-state index in [-0.39, 0.29) is 5.82 Å². The number of nitrogens with zero attached hydrogens (tertiary/aromatic N) is 2. The lowest BCUT2D eigenvalue weighted by molar-refractivity contribution is 0.374. The summed E-state index contributed by atoms with van der Waals surface area (Å²) in [6.07, 6.45) is 1.69. The van der Waals surface area contributed by atoms with Crippen LogP contribution < -0.4 is 5.32 Å². The van der Waals surface area contributed by atoms with Crippen LogP contribution in [0, 0.1) is 12.7 Å². The molecule has 0 aliphatic carbocycles. The molecule has 108 valence electrons. The van der Waals surface area contributed by atoms with Gasteiger partial charge in [-0.1, -0.05) is 19.0 Å². The smallest absolute Gasteiger partial charge is 0.227 e. The molecule has 0 saturated heterocycles. The predicted octanol–water partition coefficient (Wildman–Crippen LogP) is 3.11. The van der Waals surface area contributed by atoms with Crippen LogP contribution in [0.15, 0.2) is 22.7 Å². The summed E-state index contributed by atoms with van der Waals surface area (Å²) in [7, 11) is 0. The Morgan fingerprint density at radius 2 is 2.15 bits per heavy atom. The van der Waals surface area contributed by atoms with Gasteiger partial charge in [-0.05, 0) is 43.7 Å². The second-order valence-electron chi connectivity index (χ2n) is 5.18. The van der Waals surface area contributed by atoms with Gasteiger partial charge in [0, 0.05) is 18.0 Å². The Kier molecular flexibility index (Phi) is 4.84. The Morgan fingerprint density at radius 3 is 2.85 bits per heavy atom. The van der Waals surface area contributed by atoms with Crippen LogP contribution in [0.3, 0.4) is 0 Å². The number of hydrogen-bond donors (Lipinski definition) is 1. The number of aryl methyl sites for hydroxylation is 2.